The number of hydrogen-bond donors (Lipinski definition) is 2. The summed E-state index contributed by atoms with van der Waals surface area (Å²) in [6.07, 6.45) is 2.17. The zero-order valence-electron chi connectivity index (χ0n) is 18.6. The Labute approximate surface area is 189 Å². The number of nitrogens with zero attached hydrogens (tertiary/aromatic N) is 1. The summed E-state index contributed by atoms with van der Waals surface area (Å²) < 4.78 is 26.8. The first kappa shape index (κ1) is 22.5. The maximum absolute atomic E-state index is 12.9. The Hall–Kier alpha value is -2.74. The van der Waals surface area contributed by atoms with Crippen molar-refractivity contribution in [1.82, 2.24) is 9.62 Å². The number of fused-ring (bicyclic) bond motifs is 1. The molecule has 0 heterocycles. The average Bonchev–Trinajstić information content (AvgIpc) is 3.63. The van der Waals surface area contributed by atoms with E-state index < -0.39 is 10.0 Å². The molecule has 0 aliphatic heterocycles. The second-order valence-corrected chi connectivity index (χ2v) is 10.3. The minimum atomic E-state index is -3.59. The number of anilines is 1. The van der Waals surface area contributed by atoms with Gasteiger partial charge in [-0.05, 0) is 73.8 Å². The number of amides is 1. The number of carbonyl (C=O) groups is 1. The molecule has 2 N–H and O–H groups in total. The number of rotatable bonds is 8. The zero-order chi connectivity index (χ0) is 22.9. The zero-order valence-corrected chi connectivity index (χ0v) is 19.4. The van der Waals surface area contributed by atoms with Gasteiger partial charge in [0.1, 0.15) is 0 Å². The van der Waals surface area contributed by atoms with E-state index in [2.05, 4.69) is 52.2 Å². The molecule has 1 aliphatic carbocycles. The first-order valence-electron chi connectivity index (χ1n) is 10.9. The first-order chi connectivity index (χ1) is 15.3. The molecule has 1 saturated carbocycles. The van der Waals surface area contributed by atoms with Gasteiger partial charge in [0.15, 0.2) is 0 Å². The van der Waals surface area contributed by atoms with Crippen LogP contribution in [0.25, 0.3) is 10.8 Å². The lowest BCUT2D eigenvalue weighted by atomic mass is 10.0. The molecule has 3 aromatic rings. The topological polar surface area (TPSA) is 78.5 Å². The van der Waals surface area contributed by atoms with Crippen LogP contribution in [0.1, 0.15) is 36.9 Å². The number of aryl methyl sites for hydroxylation is 1. The normalized spacial score (nSPS) is 15.1. The third-order valence-corrected chi connectivity index (χ3v) is 7.68. The SMILES string of the molecule is CNS(=O)(=O)c1cc(NC(=O)CN(C2CC2)C(C)c2ccc3ccccc3c2)ccc1C. The lowest BCUT2D eigenvalue weighted by Gasteiger charge is -2.29. The molecule has 1 amide bonds. The van der Waals surface area contributed by atoms with Crippen LogP contribution in [-0.4, -0.2) is 38.9 Å². The summed E-state index contributed by atoms with van der Waals surface area (Å²) in [6.45, 7) is 4.12. The van der Waals surface area contributed by atoms with Crippen LogP contribution in [0, 0.1) is 6.92 Å². The standard InChI is InChI=1S/C25H29N3O3S/c1-17-8-11-22(15-24(17)32(30,31)26-3)27-25(29)16-28(23-12-13-23)18(2)20-10-9-19-6-4-5-7-21(19)14-20/h4-11,14-15,18,23,26H,12-13,16H2,1-3H3,(H,27,29). The molecule has 0 bridgehead atoms. The van der Waals surface area contributed by atoms with E-state index in [4.69, 9.17) is 0 Å². The summed E-state index contributed by atoms with van der Waals surface area (Å²) in [4.78, 5) is 15.3. The van der Waals surface area contributed by atoms with Crippen molar-refractivity contribution < 1.29 is 13.2 Å². The van der Waals surface area contributed by atoms with E-state index in [1.165, 1.54) is 29.4 Å². The molecule has 1 aliphatic rings. The summed E-state index contributed by atoms with van der Waals surface area (Å²) in [5.41, 5.74) is 2.28. The molecule has 0 aromatic heterocycles. The van der Waals surface area contributed by atoms with E-state index in [9.17, 15) is 13.2 Å². The van der Waals surface area contributed by atoms with Gasteiger partial charge in [0.25, 0.3) is 0 Å². The van der Waals surface area contributed by atoms with Crippen LogP contribution in [0.2, 0.25) is 0 Å². The molecule has 0 saturated heterocycles. The molecular weight excluding hydrogens is 422 g/mol. The largest absolute Gasteiger partial charge is 0.325 e. The quantitative estimate of drug-likeness (QED) is 0.538. The van der Waals surface area contributed by atoms with Crippen molar-refractivity contribution in [3.05, 3.63) is 71.8 Å². The number of benzene rings is 3. The van der Waals surface area contributed by atoms with Crippen molar-refractivity contribution in [2.75, 3.05) is 18.9 Å². The monoisotopic (exact) mass is 451 g/mol. The molecule has 1 fully saturated rings. The number of hydrogen-bond acceptors (Lipinski definition) is 4. The predicted molar refractivity (Wildman–Crippen MR) is 128 cm³/mol. The number of nitrogens with one attached hydrogen (secondary N) is 2. The molecule has 0 spiro atoms. The highest BCUT2D eigenvalue weighted by Gasteiger charge is 2.34. The number of carbonyl (C=O) groups excluding carboxylic acids is 1. The molecule has 1 unspecified atom stereocenters. The summed E-state index contributed by atoms with van der Waals surface area (Å²) >= 11 is 0. The van der Waals surface area contributed by atoms with E-state index in [1.807, 2.05) is 12.1 Å². The number of sulfonamides is 1. The highest BCUT2D eigenvalue weighted by atomic mass is 32.2. The van der Waals surface area contributed by atoms with E-state index in [1.54, 1.807) is 19.1 Å². The highest BCUT2D eigenvalue weighted by molar-refractivity contribution is 7.89. The van der Waals surface area contributed by atoms with Gasteiger partial charge < -0.3 is 5.32 Å². The Bertz CT molecular complexity index is 1250. The van der Waals surface area contributed by atoms with E-state index >= 15 is 0 Å². The van der Waals surface area contributed by atoms with E-state index in [-0.39, 0.29) is 23.4 Å². The Morgan fingerprint density at radius 3 is 2.47 bits per heavy atom. The van der Waals surface area contributed by atoms with Crippen LogP contribution in [0.5, 0.6) is 0 Å². The van der Waals surface area contributed by atoms with Gasteiger partial charge in [-0.15, -0.1) is 0 Å². The molecule has 0 radical (unpaired) electrons. The highest BCUT2D eigenvalue weighted by Crippen LogP contribution is 2.35. The van der Waals surface area contributed by atoms with Crippen LogP contribution >= 0.6 is 0 Å². The average molecular weight is 452 g/mol. The van der Waals surface area contributed by atoms with Crippen molar-refractivity contribution in [3.8, 4) is 0 Å². The second kappa shape index (κ2) is 9.02. The van der Waals surface area contributed by atoms with Gasteiger partial charge in [-0.3, -0.25) is 9.69 Å². The van der Waals surface area contributed by atoms with Gasteiger partial charge >= 0.3 is 0 Å². The molecule has 7 heteroatoms. The van der Waals surface area contributed by atoms with E-state index in [0.717, 1.165) is 12.8 Å². The maximum Gasteiger partial charge on any atom is 0.240 e. The van der Waals surface area contributed by atoms with Gasteiger partial charge in [0, 0.05) is 17.8 Å². The maximum atomic E-state index is 12.9. The summed E-state index contributed by atoms with van der Waals surface area (Å²) in [6, 6.07) is 20.2. The molecule has 1 atom stereocenters. The van der Waals surface area contributed by atoms with Gasteiger partial charge in [-0.1, -0.05) is 42.5 Å². The lowest BCUT2D eigenvalue weighted by Crippen LogP contribution is -2.37. The Morgan fingerprint density at radius 1 is 1.06 bits per heavy atom. The molecule has 3 aromatic carbocycles. The van der Waals surface area contributed by atoms with Crippen LogP contribution in [0.3, 0.4) is 0 Å². The molecule has 6 nitrogen and oxygen atoms in total. The van der Waals surface area contributed by atoms with Crippen molar-refractivity contribution in [2.24, 2.45) is 0 Å². The van der Waals surface area contributed by atoms with Crippen LogP contribution < -0.4 is 10.0 Å². The van der Waals surface area contributed by atoms with Crippen molar-refractivity contribution in [2.45, 2.75) is 43.7 Å². The minimum absolute atomic E-state index is 0.0936. The van der Waals surface area contributed by atoms with Gasteiger partial charge in [-0.25, -0.2) is 13.1 Å². The predicted octanol–water partition coefficient (Wildman–Crippen LogP) is 4.22. The first-order valence-corrected chi connectivity index (χ1v) is 12.4. The fraction of sp³-hybridized carbons (Fsp3) is 0.320. The Kier molecular flexibility index (Phi) is 6.33. The third kappa shape index (κ3) is 4.85. The second-order valence-electron chi connectivity index (χ2n) is 8.42. The van der Waals surface area contributed by atoms with Crippen LogP contribution in [-0.2, 0) is 14.8 Å². The molecule has 32 heavy (non-hydrogen) atoms. The summed E-state index contributed by atoms with van der Waals surface area (Å²) in [5, 5.41) is 5.27. The summed E-state index contributed by atoms with van der Waals surface area (Å²) in [5.74, 6) is -0.152. The van der Waals surface area contributed by atoms with Gasteiger partial charge in [0.05, 0.1) is 11.4 Å². The summed E-state index contributed by atoms with van der Waals surface area (Å²) in [7, 11) is -2.22. The molecule has 168 valence electrons. The van der Waals surface area contributed by atoms with Crippen LogP contribution in [0.15, 0.2) is 65.6 Å². The van der Waals surface area contributed by atoms with Gasteiger partial charge in [-0.2, -0.15) is 0 Å². The lowest BCUT2D eigenvalue weighted by molar-refractivity contribution is -0.118. The molecular formula is C25H29N3O3S. The fourth-order valence-electron chi connectivity index (χ4n) is 4.09. The molecule has 4 rings (SSSR count). The third-order valence-electron chi connectivity index (χ3n) is 6.13. The van der Waals surface area contributed by atoms with Crippen molar-refractivity contribution in [3.63, 3.8) is 0 Å². The van der Waals surface area contributed by atoms with E-state index in [0.29, 0.717) is 17.3 Å². The van der Waals surface area contributed by atoms with Crippen molar-refractivity contribution >= 4 is 32.4 Å². The Balaban J connectivity index is 1.51. The van der Waals surface area contributed by atoms with Gasteiger partial charge in [0.2, 0.25) is 15.9 Å². The Morgan fingerprint density at radius 2 is 1.78 bits per heavy atom. The van der Waals surface area contributed by atoms with Crippen molar-refractivity contribution in [1.29, 1.82) is 0 Å². The fourth-order valence-corrected chi connectivity index (χ4v) is 5.09. The van der Waals surface area contributed by atoms with Crippen LogP contribution in [0.4, 0.5) is 5.69 Å². The smallest absolute Gasteiger partial charge is 0.240 e. The minimum Gasteiger partial charge on any atom is -0.325 e.